The minimum atomic E-state index is 0.701. The van der Waals surface area contributed by atoms with Gasteiger partial charge in [0.1, 0.15) is 5.69 Å². The van der Waals surface area contributed by atoms with E-state index in [4.69, 9.17) is 0 Å². The molecule has 4 aromatic rings. The number of para-hydroxylation sites is 3. The molecule has 2 heterocycles. The molecule has 5 nitrogen and oxygen atoms in total. The van der Waals surface area contributed by atoms with Gasteiger partial charge >= 0.3 is 0 Å². The summed E-state index contributed by atoms with van der Waals surface area (Å²) in [5.41, 5.74) is 6.34. The van der Waals surface area contributed by atoms with Crippen molar-refractivity contribution in [1.29, 1.82) is 0 Å². The zero-order valence-corrected chi connectivity index (χ0v) is 12.3. The number of thiazole rings is 1. The molecule has 106 valence electrons. The van der Waals surface area contributed by atoms with Gasteiger partial charge in [-0.3, -0.25) is 10.4 Å². The summed E-state index contributed by atoms with van der Waals surface area (Å²) in [5, 5.41) is 4.94. The molecular weight excluding hydrogens is 294 g/mol. The van der Waals surface area contributed by atoms with E-state index < -0.39 is 0 Å². The fraction of sp³-hybridized carbons (Fsp3) is 0. The average Bonchev–Trinajstić information content (AvgIpc) is 2.97. The van der Waals surface area contributed by atoms with Crippen LogP contribution in [0.25, 0.3) is 21.3 Å². The molecule has 0 bridgehead atoms. The highest BCUT2D eigenvalue weighted by molar-refractivity contribution is 7.22. The maximum Gasteiger partial charge on any atom is 0.204 e. The third-order valence-electron chi connectivity index (χ3n) is 3.12. The fourth-order valence-corrected chi connectivity index (χ4v) is 2.92. The highest BCUT2D eigenvalue weighted by atomic mass is 32.1. The lowest BCUT2D eigenvalue weighted by Crippen LogP contribution is -1.94. The highest BCUT2D eigenvalue weighted by Crippen LogP contribution is 2.25. The van der Waals surface area contributed by atoms with Crippen LogP contribution in [0.1, 0.15) is 5.69 Å². The van der Waals surface area contributed by atoms with Crippen LogP contribution in [0, 0.1) is 0 Å². The molecule has 0 amide bonds. The van der Waals surface area contributed by atoms with Gasteiger partial charge in [-0.15, -0.1) is 0 Å². The molecule has 2 aromatic carbocycles. The third kappa shape index (κ3) is 2.51. The molecule has 0 unspecified atom stereocenters. The lowest BCUT2D eigenvalue weighted by molar-refractivity contribution is 1.25. The Morgan fingerprint density at radius 1 is 0.909 bits per heavy atom. The number of rotatable bonds is 3. The number of benzene rings is 2. The van der Waals surface area contributed by atoms with Crippen molar-refractivity contribution < 1.29 is 0 Å². The molecule has 22 heavy (non-hydrogen) atoms. The topological polar surface area (TPSA) is 63.1 Å². The summed E-state index contributed by atoms with van der Waals surface area (Å²) in [7, 11) is 0. The van der Waals surface area contributed by atoms with E-state index in [0.717, 1.165) is 26.4 Å². The van der Waals surface area contributed by atoms with Gasteiger partial charge in [-0.25, -0.2) is 9.97 Å². The quantitative estimate of drug-likeness (QED) is 0.463. The van der Waals surface area contributed by atoms with Crippen molar-refractivity contribution in [3.63, 3.8) is 0 Å². The van der Waals surface area contributed by atoms with E-state index in [1.165, 1.54) is 0 Å². The average molecular weight is 305 g/mol. The van der Waals surface area contributed by atoms with E-state index >= 15 is 0 Å². The third-order valence-corrected chi connectivity index (χ3v) is 4.06. The van der Waals surface area contributed by atoms with Crippen molar-refractivity contribution in [2.45, 2.75) is 0 Å². The Kier molecular flexibility index (Phi) is 3.21. The Morgan fingerprint density at radius 2 is 1.68 bits per heavy atom. The van der Waals surface area contributed by atoms with E-state index in [1.807, 2.05) is 48.5 Å². The lowest BCUT2D eigenvalue weighted by Gasteiger charge is -1.97. The number of hydrogen-bond donors (Lipinski definition) is 1. The number of nitrogens with zero attached hydrogens (tertiary/aromatic N) is 4. The highest BCUT2D eigenvalue weighted by Gasteiger charge is 2.01. The van der Waals surface area contributed by atoms with Crippen LogP contribution in [-0.4, -0.2) is 21.2 Å². The van der Waals surface area contributed by atoms with Gasteiger partial charge in [0, 0.05) is 0 Å². The van der Waals surface area contributed by atoms with Crippen LogP contribution in [0.5, 0.6) is 0 Å². The van der Waals surface area contributed by atoms with Crippen LogP contribution in [-0.2, 0) is 0 Å². The molecular formula is C16H11N5S. The molecule has 0 fully saturated rings. The van der Waals surface area contributed by atoms with E-state index in [0.29, 0.717) is 5.69 Å². The summed E-state index contributed by atoms with van der Waals surface area (Å²) in [6, 6.07) is 15.7. The molecule has 1 N–H and O–H groups in total. The molecule has 0 saturated carbocycles. The van der Waals surface area contributed by atoms with Crippen LogP contribution >= 0.6 is 11.3 Å². The second-order valence-electron chi connectivity index (χ2n) is 4.64. The number of hydrogen-bond acceptors (Lipinski definition) is 6. The van der Waals surface area contributed by atoms with Crippen LogP contribution < -0.4 is 5.43 Å². The van der Waals surface area contributed by atoms with Crippen LogP contribution in [0.15, 0.2) is 59.8 Å². The predicted octanol–water partition coefficient (Wildman–Crippen LogP) is 3.69. The molecule has 0 spiro atoms. The number of hydrazone groups is 1. The van der Waals surface area contributed by atoms with Gasteiger partial charge in [0.2, 0.25) is 5.13 Å². The van der Waals surface area contributed by atoms with Gasteiger partial charge in [0.15, 0.2) is 0 Å². The van der Waals surface area contributed by atoms with Crippen LogP contribution in [0.3, 0.4) is 0 Å². The molecule has 0 atom stereocenters. The second-order valence-corrected chi connectivity index (χ2v) is 5.67. The second kappa shape index (κ2) is 5.50. The Hall–Kier alpha value is -2.86. The van der Waals surface area contributed by atoms with Gasteiger partial charge in [0.25, 0.3) is 0 Å². The molecule has 2 aromatic heterocycles. The van der Waals surface area contributed by atoms with Crippen LogP contribution in [0.4, 0.5) is 5.13 Å². The largest absolute Gasteiger partial charge is 0.253 e. The van der Waals surface area contributed by atoms with Crippen molar-refractivity contribution in [3.05, 3.63) is 60.4 Å². The molecule has 0 aliphatic carbocycles. The molecule has 0 aliphatic rings. The van der Waals surface area contributed by atoms with Crippen molar-refractivity contribution >= 4 is 43.9 Å². The summed E-state index contributed by atoms with van der Waals surface area (Å²) in [5.74, 6) is 0. The molecule has 0 aliphatic heterocycles. The van der Waals surface area contributed by atoms with Crippen molar-refractivity contribution in [1.82, 2.24) is 15.0 Å². The first-order valence-electron chi connectivity index (χ1n) is 6.75. The SMILES string of the molecule is C(=N/Nc1nc2ccccc2s1)/c1cnc2ccccc2n1. The number of fused-ring (bicyclic) bond motifs is 2. The van der Waals surface area contributed by atoms with E-state index in [9.17, 15) is 0 Å². The summed E-state index contributed by atoms with van der Waals surface area (Å²) in [6.07, 6.45) is 3.34. The normalized spacial score (nSPS) is 11.5. The van der Waals surface area contributed by atoms with Gasteiger partial charge in [-0.2, -0.15) is 5.10 Å². The Bertz CT molecular complexity index is 943. The summed E-state index contributed by atoms with van der Waals surface area (Å²) in [6.45, 7) is 0. The monoisotopic (exact) mass is 305 g/mol. The van der Waals surface area contributed by atoms with Gasteiger partial charge in [0.05, 0.1) is 33.7 Å². The summed E-state index contributed by atoms with van der Waals surface area (Å²) < 4.78 is 1.13. The first kappa shape index (κ1) is 12.8. The zero-order valence-electron chi connectivity index (χ0n) is 11.5. The summed E-state index contributed by atoms with van der Waals surface area (Å²) in [4.78, 5) is 13.3. The molecule has 6 heteroatoms. The summed E-state index contributed by atoms with van der Waals surface area (Å²) >= 11 is 1.56. The predicted molar refractivity (Wildman–Crippen MR) is 90.4 cm³/mol. The maximum atomic E-state index is 4.48. The van der Waals surface area contributed by atoms with Gasteiger partial charge in [-0.1, -0.05) is 35.6 Å². The van der Waals surface area contributed by atoms with Crippen LogP contribution in [0.2, 0.25) is 0 Å². The van der Waals surface area contributed by atoms with E-state index in [1.54, 1.807) is 23.7 Å². The van der Waals surface area contributed by atoms with Crippen molar-refractivity contribution in [2.75, 3.05) is 5.43 Å². The smallest absolute Gasteiger partial charge is 0.204 e. The van der Waals surface area contributed by atoms with E-state index in [2.05, 4.69) is 25.5 Å². The maximum absolute atomic E-state index is 4.48. The first-order valence-corrected chi connectivity index (χ1v) is 7.56. The number of nitrogens with one attached hydrogen (secondary N) is 1. The minimum absolute atomic E-state index is 0.701. The number of aromatic nitrogens is 3. The Morgan fingerprint density at radius 3 is 2.55 bits per heavy atom. The molecule has 0 radical (unpaired) electrons. The Balaban J connectivity index is 1.55. The van der Waals surface area contributed by atoms with E-state index in [-0.39, 0.29) is 0 Å². The molecule has 4 rings (SSSR count). The Labute approximate surface area is 130 Å². The van der Waals surface area contributed by atoms with Gasteiger partial charge < -0.3 is 0 Å². The standard InChI is InChI=1S/C16H11N5S/c1-2-6-13-12(5-1)17-9-11(19-13)10-18-21-16-20-14-7-3-4-8-15(14)22-16/h1-10H,(H,20,21)/b18-10-. The lowest BCUT2D eigenvalue weighted by atomic mass is 10.3. The van der Waals surface area contributed by atoms with Crippen molar-refractivity contribution in [3.8, 4) is 0 Å². The fourth-order valence-electron chi connectivity index (χ4n) is 2.11. The number of anilines is 1. The zero-order chi connectivity index (χ0) is 14.8. The molecule has 0 saturated heterocycles. The van der Waals surface area contributed by atoms with Gasteiger partial charge in [-0.05, 0) is 24.3 Å². The minimum Gasteiger partial charge on any atom is -0.253 e. The first-order chi connectivity index (χ1) is 10.9. The van der Waals surface area contributed by atoms with Crippen molar-refractivity contribution in [2.24, 2.45) is 5.10 Å².